The van der Waals surface area contributed by atoms with Gasteiger partial charge in [-0.05, 0) is 18.6 Å². The summed E-state index contributed by atoms with van der Waals surface area (Å²) in [6.07, 6.45) is -1.39. The Hall–Kier alpha value is -2.38. The van der Waals surface area contributed by atoms with Gasteiger partial charge in [0, 0.05) is 25.6 Å². The maximum atomic E-state index is 13.7. The molecule has 0 unspecified atom stereocenters. The quantitative estimate of drug-likeness (QED) is 0.885. The third kappa shape index (κ3) is 3.26. The van der Waals surface area contributed by atoms with Crippen LogP contribution in [0.5, 0.6) is 0 Å². The standard InChI is InChI=1S/C14H13F4N3O/c1-8-3-4-19-11(12(8)15)5-20-13(22)9-6-21(2)7-10(9)14(16,17)18/h3-4,6-7H,5H2,1-2H3,(H,20,22). The summed E-state index contributed by atoms with van der Waals surface area (Å²) in [5.41, 5.74) is -1.24. The summed E-state index contributed by atoms with van der Waals surface area (Å²) in [5.74, 6) is -1.53. The predicted octanol–water partition coefficient (Wildman–Crippen LogP) is 2.82. The van der Waals surface area contributed by atoms with Crippen molar-refractivity contribution >= 4 is 5.91 Å². The first-order valence-electron chi connectivity index (χ1n) is 6.31. The lowest BCUT2D eigenvalue weighted by Crippen LogP contribution is -2.26. The van der Waals surface area contributed by atoms with Crippen molar-refractivity contribution in [3.63, 3.8) is 0 Å². The van der Waals surface area contributed by atoms with Gasteiger partial charge in [-0.2, -0.15) is 13.2 Å². The largest absolute Gasteiger partial charge is 0.418 e. The number of aromatic nitrogens is 2. The minimum absolute atomic E-state index is 0.0298. The number of carbonyl (C=O) groups excluding carboxylic acids is 1. The molecule has 4 nitrogen and oxygen atoms in total. The van der Waals surface area contributed by atoms with Gasteiger partial charge in [0.1, 0.15) is 5.82 Å². The Morgan fingerprint density at radius 2 is 2.05 bits per heavy atom. The molecule has 0 aliphatic carbocycles. The number of nitrogens with zero attached hydrogens (tertiary/aromatic N) is 2. The molecule has 0 aliphatic rings. The summed E-state index contributed by atoms with van der Waals surface area (Å²) >= 11 is 0. The zero-order chi connectivity index (χ0) is 16.5. The van der Waals surface area contributed by atoms with Gasteiger partial charge in [0.15, 0.2) is 0 Å². The van der Waals surface area contributed by atoms with Gasteiger partial charge in [-0.15, -0.1) is 0 Å². The van der Waals surface area contributed by atoms with Crippen molar-refractivity contribution in [1.82, 2.24) is 14.9 Å². The fraction of sp³-hybridized carbons (Fsp3) is 0.286. The second kappa shape index (κ2) is 5.78. The molecule has 0 atom stereocenters. The zero-order valence-corrected chi connectivity index (χ0v) is 11.8. The summed E-state index contributed by atoms with van der Waals surface area (Å²) in [5, 5.41) is 2.25. The summed E-state index contributed by atoms with van der Waals surface area (Å²) < 4.78 is 53.4. The van der Waals surface area contributed by atoms with Crippen molar-refractivity contribution in [2.24, 2.45) is 7.05 Å². The number of carbonyl (C=O) groups is 1. The van der Waals surface area contributed by atoms with Gasteiger partial charge in [0.25, 0.3) is 5.91 Å². The van der Waals surface area contributed by atoms with Gasteiger partial charge in [-0.1, -0.05) is 0 Å². The maximum Gasteiger partial charge on any atom is 0.418 e. The lowest BCUT2D eigenvalue weighted by Gasteiger charge is -2.09. The van der Waals surface area contributed by atoms with E-state index < -0.39 is 29.0 Å². The first kappa shape index (κ1) is 16.0. The fourth-order valence-electron chi connectivity index (χ4n) is 1.97. The van der Waals surface area contributed by atoms with E-state index in [1.54, 1.807) is 0 Å². The number of pyridine rings is 1. The molecule has 0 aromatic carbocycles. The molecule has 2 aromatic rings. The highest BCUT2D eigenvalue weighted by Crippen LogP contribution is 2.32. The van der Waals surface area contributed by atoms with E-state index >= 15 is 0 Å². The minimum Gasteiger partial charge on any atom is -0.356 e. The number of hydrogen-bond donors (Lipinski definition) is 1. The van der Waals surface area contributed by atoms with E-state index in [9.17, 15) is 22.4 Å². The zero-order valence-electron chi connectivity index (χ0n) is 11.8. The van der Waals surface area contributed by atoms with Crippen molar-refractivity contribution in [2.75, 3.05) is 0 Å². The summed E-state index contributed by atoms with van der Waals surface area (Å²) in [7, 11) is 1.38. The van der Waals surface area contributed by atoms with Gasteiger partial charge >= 0.3 is 6.18 Å². The Kier molecular flexibility index (Phi) is 4.20. The highest BCUT2D eigenvalue weighted by molar-refractivity contribution is 5.95. The Balaban J connectivity index is 2.18. The van der Waals surface area contributed by atoms with E-state index in [0.717, 1.165) is 17.0 Å². The molecule has 2 rings (SSSR count). The number of amides is 1. The lowest BCUT2D eigenvalue weighted by atomic mass is 10.1. The molecule has 8 heteroatoms. The highest BCUT2D eigenvalue weighted by atomic mass is 19.4. The van der Waals surface area contributed by atoms with E-state index in [4.69, 9.17) is 0 Å². The molecule has 0 radical (unpaired) electrons. The fourth-order valence-corrected chi connectivity index (χ4v) is 1.97. The Bertz CT molecular complexity index is 707. The molecular formula is C14H13F4N3O. The van der Waals surface area contributed by atoms with Crippen LogP contribution in [0.2, 0.25) is 0 Å². The first-order valence-corrected chi connectivity index (χ1v) is 6.31. The van der Waals surface area contributed by atoms with Crippen LogP contribution in [-0.2, 0) is 19.8 Å². The van der Waals surface area contributed by atoms with Crippen LogP contribution in [0.15, 0.2) is 24.7 Å². The first-order chi connectivity index (χ1) is 10.2. The van der Waals surface area contributed by atoms with Crippen LogP contribution in [0.1, 0.15) is 27.2 Å². The van der Waals surface area contributed by atoms with Crippen LogP contribution < -0.4 is 5.32 Å². The minimum atomic E-state index is -4.64. The van der Waals surface area contributed by atoms with Crippen molar-refractivity contribution in [3.8, 4) is 0 Å². The number of halogens is 4. The van der Waals surface area contributed by atoms with Gasteiger partial charge in [0.05, 0.1) is 23.4 Å². The van der Waals surface area contributed by atoms with Gasteiger partial charge < -0.3 is 9.88 Å². The monoisotopic (exact) mass is 315 g/mol. The second-order valence-electron chi connectivity index (χ2n) is 4.82. The summed E-state index contributed by atoms with van der Waals surface area (Å²) in [4.78, 5) is 15.7. The Labute approximate surface area is 123 Å². The molecule has 1 N–H and O–H groups in total. The Morgan fingerprint density at radius 3 is 2.68 bits per heavy atom. The van der Waals surface area contributed by atoms with Crippen LogP contribution >= 0.6 is 0 Å². The van der Waals surface area contributed by atoms with Crippen LogP contribution in [0.3, 0.4) is 0 Å². The van der Waals surface area contributed by atoms with Gasteiger partial charge in [0.2, 0.25) is 0 Å². The van der Waals surface area contributed by atoms with Crippen molar-refractivity contribution in [3.05, 3.63) is 52.9 Å². The molecule has 118 valence electrons. The lowest BCUT2D eigenvalue weighted by molar-refractivity contribution is -0.137. The average Bonchev–Trinajstić information content (AvgIpc) is 2.82. The average molecular weight is 315 g/mol. The van der Waals surface area contributed by atoms with Crippen LogP contribution in [0.25, 0.3) is 0 Å². The molecule has 0 bridgehead atoms. The molecule has 22 heavy (non-hydrogen) atoms. The van der Waals surface area contributed by atoms with Crippen molar-refractivity contribution < 1.29 is 22.4 Å². The molecule has 0 saturated carbocycles. The summed E-state index contributed by atoms with van der Waals surface area (Å²) in [6.45, 7) is 1.24. The van der Waals surface area contributed by atoms with Crippen LogP contribution in [0, 0.1) is 12.7 Å². The molecule has 0 fully saturated rings. The Morgan fingerprint density at radius 1 is 1.36 bits per heavy atom. The van der Waals surface area contributed by atoms with Crippen molar-refractivity contribution in [2.45, 2.75) is 19.6 Å². The number of alkyl halides is 3. The van der Waals surface area contributed by atoms with E-state index in [1.807, 2.05) is 0 Å². The van der Waals surface area contributed by atoms with Crippen LogP contribution in [-0.4, -0.2) is 15.5 Å². The van der Waals surface area contributed by atoms with Crippen LogP contribution in [0.4, 0.5) is 17.6 Å². The SMILES string of the molecule is Cc1ccnc(CNC(=O)c2cn(C)cc2C(F)(F)F)c1F. The molecule has 2 heterocycles. The molecule has 0 aliphatic heterocycles. The molecule has 0 saturated heterocycles. The number of rotatable bonds is 3. The number of hydrogen-bond acceptors (Lipinski definition) is 2. The smallest absolute Gasteiger partial charge is 0.356 e. The van der Waals surface area contributed by atoms with Crippen molar-refractivity contribution in [1.29, 1.82) is 0 Å². The normalized spacial score (nSPS) is 11.5. The third-order valence-corrected chi connectivity index (χ3v) is 3.08. The van der Waals surface area contributed by atoms with E-state index in [-0.39, 0.29) is 12.2 Å². The number of nitrogens with one attached hydrogen (secondary N) is 1. The predicted molar refractivity (Wildman–Crippen MR) is 70.5 cm³/mol. The van der Waals surface area contributed by atoms with E-state index in [1.165, 1.54) is 26.2 Å². The highest BCUT2D eigenvalue weighted by Gasteiger charge is 2.36. The molecule has 0 spiro atoms. The summed E-state index contributed by atoms with van der Waals surface area (Å²) in [6, 6.07) is 1.46. The van der Waals surface area contributed by atoms with E-state index in [0.29, 0.717) is 5.56 Å². The maximum absolute atomic E-state index is 13.7. The van der Waals surface area contributed by atoms with E-state index in [2.05, 4.69) is 10.3 Å². The second-order valence-corrected chi connectivity index (χ2v) is 4.82. The number of aryl methyl sites for hydroxylation is 2. The van der Waals surface area contributed by atoms with Gasteiger partial charge in [-0.3, -0.25) is 9.78 Å². The molecular weight excluding hydrogens is 302 g/mol. The molecule has 1 amide bonds. The topological polar surface area (TPSA) is 46.9 Å². The van der Waals surface area contributed by atoms with Gasteiger partial charge in [-0.25, -0.2) is 4.39 Å². The molecule has 2 aromatic heterocycles. The third-order valence-electron chi connectivity index (χ3n) is 3.08.